The lowest BCUT2D eigenvalue weighted by atomic mass is 10.1. The number of carbonyl (C=O) groups excluding carboxylic acids is 2. The molecule has 1 aliphatic rings. The number of para-hydroxylation sites is 1. The number of carbonyl (C=O) groups is 2. The molecule has 1 aliphatic carbocycles. The summed E-state index contributed by atoms with van der Waals surface area (Å²) in [7, 11) is 1.62. The fraction of sp³-hybridized carbons (Fsp3) is 0.364. The van der Waals surface area contributed by atoms with Gasteiger partial charge in [-0.1, -0.05) is 24.3 Å². The molecule has 28 heavy (non-hydrogen) atoms. The van der Waals surface area contributed by atoms with Crippen molar-refractivity contribution in [3.8, 4) is 5.75 Å². The zero-order valence-corrected chi connectivity index (χ0v) is 16.5. The van der Waals surface area contributed by atoms with Gasteiger partial charge in [0.25, 0.3) is 0 Å². The van der Waals surface area contributed by atoms with Crippen molar-refractivity contribution in [3.63, 3.8) is 0 Å². The highest BCUT2D eigenvalue weighted by Crippen LogP contribution is 2.31. The molecule has 148 valence electrons. The van der Waals surface area contributed by atoms with Gasteiger partial charge in [0, 0.05) is 22.9 Å². The first-order chi connectivity index (χ1) is 13.5. The van der Waals surface area contributed by atoms with Gasteiger partial charge in [-0.15, -0.1) is 0 Å². The van der Waals surface area contributed by atoms with Crippen molar-refractivity contribution >= 4 is 23.2 Å². The molecule has 0 spiro atoms. The molecule has 2 aromatic rings. The van der Waals surface area contributed by atoms with Crippen LogP contribution in [0.1, 0.15) is 36.9 Å². The van der Waals surface area contributed by atoms with Gasteiger partial charge >= 0.3 is 0 Å². The third-order valence-electron chi connectivity index (χ3n) is 4.88. The van der Waals surface area contributed by atoms with Crippen LogP contribution in [0.3, 0.4) is 0 Å². The summed E-state index contributed by atoms with van der Waals surface area (Å²) in [6.45, 7) is 4.03. The monoisotopic (exact) mass is 381 g/mol. The SMILES string of the molecule is COc1ccccc1C(C)NC(=O)CNc1cc(NC(=O)C2CC2)ccc1C. The first-order valence-electron chi connectivity index (χ1n) is 9.55. The smallest absolute Gasteiger partial charge is 0.239 e. The van der Waals surface area contributed by atoms with E-state index in [1.165, 1.54) is 0 Å². The fourth-order valence-corrected chi connectivity index (χ4v) is 3.05. The zero-order valence-electron chi connectivity index (χ0n) is 16.5. The van der Waals surface area contributed by atoms with E-state index in [9.17, 15) is 9.59 Å². The van der Waals surface area contributed by atoms with Crippen LogP contribution in [-0.4, -0.2) is 25.5 Å². The van der Waals surface area contributed by atoms with E-state index in [0.717, 1.165) is 41.1 Å². The van der Waals surface area contributed by atoms with Gasteiger partial charge in [-0.3, -0.25) is 9.59 Å². The second-order valence-corrected chi connectivity index (χ2v) is 7.18. The minimum atomic E-state index is -0.171. The van der Waals surface area contributed by atoms with E-state index >= 15 is 0 Å². The number of hydrogen-bond donors (Lipinski definition) is 3. The van der Waals surface area contributed by atoms with Crippen LogP contribution >= 0.6 is 0 Å². The summed E-state index contributed by atoms with van der Waals surface area (Å²) >= 11 is 0. The number of aryl methyl sites for hydroxylation is 1. The Morgan fingerprint density at radius 2 is 1.93 bits per heavy atom. The maximum absolute atomic E-state index is 12.4. The van der Waals surface area contributed by atoms with Gasteiger partial charge in [-0.25, -0.2) is 0 Å². The second kappa shape index (κ2) is 8.78. The van der Waals surface area contributed by atoms with Crippen molar-refractivity contribution in [1.82, 2.24) is 5.32 Å². The van der Waals surface area contributed by atoms with Gasteiger partial charge in [-0.05, 0) is 50.5 Å². The Kier molecular flexibility index (Phi) is 6.19. The van der Waals surface area contributed by atoms with Gasteiger partial charge in [0.2, 0.25) is 11.8 Å². The Labute approximate surface area is 165 Å². The lowest BCUT2D eigenvalue weighted by molar-refractivity contribution is -0.120. The highest BCUT2D eigenvalue weighted by molar-refractivity contribution is 5.94. The van der Waals surface area contributed by atoms with E-state index in [1.807, 2.05) is 56.3 Å². The molecule has 2 amide bonds. The number of rotatable bonds is 8. The number of benzene rings is 2. The molecule has 0 aliphatic heterocycles. The van der Waals surface area contributed by atoms with Crippen LogP contribution in [0.25, 0.3) is 0 Å². The van der Waals surface area contributed by atoms with Crippen LogP contribution in [-0.2, 0) is 9.59 Å². The summed E-state index contributed by atoms with van der Waals surface area (Å²) in [5.74, 6) is 0.849. The van der Waals surface area contributed by atoms with Crippen molar-refractivity contribution in [2.75, 3.05) is 24.3 Å². The highest BCUT2D eigenvalue weighted by Gasteiger charge is 2.29. The number of hydrogen-bond acceptors (Lipinski definition) is 4. The number of methoxy groups -OCH3 is 1. The summed E-state index contributed by atoms with van der Waals surface area (Å²) in [6, 6.07) is 13.1. The van der Waals surface area contributed by atoms with Crippen LogP contribution in [0.2, 0.25) is 0 Å². The minimum Gasteiger partial charge on any atom is -0.496 e. The standard InChI is InChI=1S/C22H27N3O3/c1-14-8-11-17(25-22(27)16-9-10-16)12-19(14)23-13-21(26)24-15(2)18-6-4-5-7-20(18)28-3/h4-8,11-12,15-16,23H,9-10,13H2,1-3H3,(H,24,26)(H,25,27). The first-order valence-corrected chi connectivity index (χ1v) is 9.55. The van der Waals surface area contributed by atoms with E-state index in [4.69, 9.17) is 4.74 Å². The quantitative estimate of drug-likeness (QED) is 0.652. The Hall–Kier alpha value is -3.02. The largest absolute Gasteiger partial charge is 0.496 e. The molecule has 6 heteroatoms. The van der Waals surface area contributed by atoms with Crippen molar-refractivity contribution in [1.29, 1.82) is 0 Å². The van der Waals surface area contributed by atoms with Crippen molar-refractivity contribution in [2.45, 2.75) is 32.7 Å². The third kappa shape index (κ3) is 5.03. The van der Waals surface area contributed by atoms with Crippen LogP contribution in [0.5, 0.6) is 5.75 Å². The van der Waals surface area contributed by atoms with Gasteiger partial charge < -0.3 is 20.7 Å². The summed E-state index contributed by atoms with van der Waals surface area (Å²) < 4.78 is 5.36. The van der Waals surface area contributed by atoms with Gasteiger partial charge in [-0.2, -0.15) is 0 Å². The normalized spacial score (nSPS) is 14.1. The van der Waals surface area contributed by atoms with Gasteiger partial charge in [0.15, 0.2) is 0 Å². The highest BCUT2D eigenvalue weighted by atomic mass is 16.5. The van der Waals surface area contributed by atoms with Crippen molar-refractivity contribution < 1.29 is 14.3 Å². The number of nitrogens with one attached hydrogen (secondary N) is 3. The number of anilines is 2. The molecule has 1 fully saturated rings. The topological polar surface area (TPSA) is 79.5 Å². The van der Waals surface area contributed by atoms with Gasteiger partial charge in [0.1, 0.15) is 5.75 Å². The lowest BCUT2D eigenvalue weighted by Gasteiger charge is -2.18. The zero-order chi connectivity index (χ0) is 20.1. The molecule has 6 nitrogen and oxygen atoms in total. The molecule has 3 rings (SSSR count). The average molecular weight is 381 g/mol. The first kappa shape index (κ1) is 19.7. The van der Waals surface area contributed by atoms with E-state index < -0.39 is 0 Å². The Balaban J connectivity index is 1.57. The predicted octanol–water partition coefficient (Wildman–Crippen LogP) is 3.64. The molecular weight excluding hydrogens is 354 g/mol. The summed E-state index contributed by atoms with van der Waals surface area (Å²) in [4.78, 5) is 24.3. The lowest BCUT2D eigenvalue weighted by Crippen LogP contribution is -2.32. The third-order valence-corrected chi connectivity index (χ3v) is 4.88. The molecular formula is C22H27N3O3. The molecule has 1 atom stereocenters. The number of ether oxygens (including phenoxy) is 1. The van der Waals surface area contributed by atoms with Gasteiger partial charge in [0.05, 0.1) is 19.7 Å². The molecule has 0 heterocycles. The van der Waals surface area contributed by atoms with Crippen molar-refractivity contribution in [3.05, 3.63) is 53.6 Å². The Morgan fingerprint density at radius 3 is 2.64 bits per heavy atom. The molecule has 1 saturated carbocycles. The van der Waals surface area contributed by atoms with E-state index in [1.54, 1.807) is 7.11 Å². The van der Waals surface area contributed by atoms with Crippen LogP contribution in [0.15, 0.2) is 42.5 Å². The Morgan fingerprint density at radius 1 is 1.18 bits per heavy atom. The summed E-state index contributed by atoms with van der Waals surface area (Å²) in [6.07, 6.45) is 1.93. The molecule has 0 saturated heterocycles. The number of amides is 2. The molecule has 3 N–H and O–H groups in total. The predicted molar refractivity (Wildman–Crippen MR) is 111 cm³/mol. The molecule has 0 aromatic heterocycles. The fourth-order valence-electron chi connectivity index (χ4n) is 3.05. The van der Waals surface area contributed by atoms with Crippen molar-refractivity contribution in [2.24, 2.45) is 5.92 Å². The van der Waals surface area contributed by atoms with Crippen LogP contribution in [0, 0.1) is 12.8 Å². The molecule has 0 radical (unpaired) electrons. The summed E-state index contributed by atoms with van der Waals surface area (Å²) in [5, 5.41) is 9.07. The van der Waals surface area contributed by atoms with Crippen LogP contribution < -0.4 is 20.7 Å². The molecule has 1 unspecified atom stereocenters. The van der Waals surface area contributed by atoms with E-state index in [2.05, 4.69) is 16.0 Å². The molecule has 0 bridgehead atoms. The minimum absolute atomic E-state index is 0.0678. The van der Waals surface area contributed by atoms with E-state index in [-0.39, 0.29) is 30.3 Å². The maximum Gasteiger partial charge on any atom is 0.239 e. The maximum atomic E-state index is 12.4. The molecule has 2 aromatic carbocycles. The summed E-state index contributed by atoms with van der Waals surface area (Å²) in [5.41, 5.74) is 3.51. The van der Waals surface area contributed by atoms with Crippen LogP contribution in [0.4, 0.5) is 11.4 Å². The Bertz CT molecular complexity index is 862. The second-order valence-electron chi connectivity index (χ2n) is 7.18. The van der Waals surface area contributed by atoms with E-state index in [0.29, 0.717) is 0 Å². The average Bonchev–Trinajstić information content (AvgIpc) is 3.53.